The molecule has 10 nitrogen and oxygen atoms in total. The summed E-state index contributed by atoms with van der Waals surface area (Å²) in [6.07, 6.45) is 0.381. The maximum absolute atomic E-state index is 14.1. The number of aliphatic hydroxyl groups is 1. The number of ether oxygens (including phenoxy) is 1. The van der Waals surface area contributed by atoms with Gasteiger partial charge in [0.1, 0.15) is 5.75 Å². The van der Waals surface area contributed by atoms with Crippen molar-refractivity contribution in [3.63, 3.8) is 0 Å². The summed E-state index contributed by atoms with van der Waals surface area (Å²) in [4.78, 5) is 27.4. The SMILES string of the molecule is CC[C@H](C)CC(=O)N(NC(=O)CNCc1ccccc1)[C@@H](Cc1ccccc1)[C@H](O)CN(CC(C)C)S(=O)(=O)c1ccc2c(c1)CCO2. The maximum Gasteiger partial charge on any atom is 0.252 e. The molecule has 3 atom stereocenters. The Morgan fingerprint density at radius 1 is 0.938 bits per heavy atom. The van der Waals surface area contributed by atoms with E-state index in [0.717, 1.165) is 23.1 Å². The third-order valence-electron chi connectivity index (χ3n) is 8.51. The molecule has 0 fully saturated rings. The van der Waals surface area contributed by atoms with E-state index in [-0.39, 0.29) is 55.1 Å². The van der Waals surface area contributed by atoms with Crippen LogP contribution in [0, 0.1) is 11.8 Å². The van der Waals surface area contributed by atoms with Gasteiger partial charge in [-0.05, 0) is 53.1 Å². The fourth-order valence-electron chi connectivity index (χ4n) is 5.70. The average Bonchev–Trinajstić information content (AvgIpc) is 3.55. The van der Waals surface area contributed by atoms with Crippen molar-refractivity contribution in [2.45, 2.75) is 77.0 Å². The summed E-state index contributed by atoms with van der Waals surface area (Å²) in [5, 5.41) is 16.3. The first-order valence-corrected chi connectivity index (χ1v) is 18.3. The third-order valence-corrected chi connectivity index (χ3v) is 10.3. The number of amides is 2. The predicted molar refractivity (Wildman–Crippen MR) is 186 cm³/mol. The molecule has 0 saturated heterocycles. The number of carbonyl (C=O) groups excluding carboxylic acids is 2. The van der Waals surface area contributed by atoms with Crippen LogP contribution in [0.4, 0.5) is 0 Å². The smallest absolute Gasteiger partial charge is 0.252 e. The van der Waals surface area contributed by atoms with Gasteiger partial charge in [0.2, 0.25) is 15.9 Å². The van der Waals surface area contributed by atoms with Gasteiger partial charge < -0.3 is 15.2 Å². The monoisotopic (exact) mass is 678 g/mol. The lowest BCUT2D eigenvalue weighted by Gasteiger charge is -2.37. The summed E-state index contributed by atoms with van der Waals surface area (Å²) in [5.41, 5.74) is 5.45. The summed E-state index contributed by atoms with van der Waals surface area (Å²) in [7, 11) is -4.03. The molecule has 0 saturated carbocycles. The fraction of sp³-hybridized carbons (Fsp3) is 0.459. The Kier molecular flexibility index (Phi) is 13.6. The van der Waals surface area contributed by atoms with E-state index in [9.17, 15) is 23.1 Å². The zero-order valence-corrected chi connectivity index (χ0v) is 29.3. The molecule has 2 amide bonds. The molecule has 3 aromatic rings. The molecular formula is C37H50N4O6S. The number of carbonyl (C=O) groups is 2. The Balaban J connectivity index is 1.63. The standard InChI is InChI=1S/C37H50N4O6S/c1-5-28(4)20-37(44)41(39-36(43)24-38-23-30-14-10-7-11-15-30)33(21-29-12-8-6-9-13-29)34(42)26-40(25-27(2)3)48(45,46)32-16-17-35-31(22-32)18-19-47-35/h6-17,22,27-28,33-34,38,42H,5,18-21,23-26H2,1-4H3,(H,39,43)/t28-,33-,34+/m0/s1. The summed E-state index contributed by atoms with van der Waals surface area (Å²) < 4.78 is 35.1. The van der Waals surface area contributed by atoms with Crippen LogP contribution in [-0.2, 0) is 39.0 Å². The van der Waals surface area contributed by atoms with E-state index in [0.29, 0.717) is 25.3 Å². The summed E-state index contributed by atoms with van der Waals surface area (Å²) in [6, 6.07) is 22.9. The van der Waals surface area contributed by atoms with Crippen LogP contribution < -0.4 is 15.5 Å². The van der Waals surface area contributed by atoms with Gasteiger partial charge in [-0.15, -0.1) is 0 Å². The zero-order chi connectivity index (χ0) is 34.7. The molecule has 0 aromatic heterocycles. The molecule has 0 unspecified atom stereocenters. The van der Waals surface area contributed by atoms with Gasteiger partial charge in [0, 0.05) is 32.5 Å². The summed E-state index contributed by atoms with van der Waals surface area (Å²) in [5.74, 6) is -0.129. The van der Waals surface area contributed by atoms with Crippen molar-refractivity contribution in [1.29, 1.82) is 0 Å². The number of hydrogen-bond donors (Lipinski definition) is 3. The minimum Gasteiger partial charge on any atom is -0.493 e. The zero-order valence-electron chi connectivity index (χ0n) is 28.5. The van der Waals surface area contributed by atoms with E-state index >= 15 is 0 Å². The molecular weight excluding hydrogens is 628 g/mol. The van der Waals surface area contributed by atoms with Crippen molar-refractivity contribution in [3.05, 3.63) is 95.6 Å². The van der Waals surface area contributed by atoms with E-state index in [2.05, 4.69) is 10.7 Å². The minimum absolute atomic E-state index is 0.0317. The van der Waals surface area contributed by atoms with Crippen molar-refractivity contribution < 1.29 is 27.9 Å². The summed E-state index contributed by atoms with van der Waals surface area (Å²) in [6.45, 7) is 8.55. The van der Waals surface area contributed by atoms with Gasteiger partial charge in [-0.2, -0.15) is 4.31 Å². The quantitative estimate of drug-likeness (QED) is 0.182. The molecule has 1 heterocycles. The Labute approximate surface area is 285 Å². The lowest BCUT2D eigenvalue weighted by Crippen LogP contribution is -2.60. The van der Waals surface area contributed by atoms with Crippen molar-refractivity contribution in [3.8, 4) is 5.75 Å². The number of hydrogen-bond acceptors (Lipinski definition) is 7. The molecule has 0 radical (unpaired) electrons. The average molecular weight is 679 g/mol. The van der Waals surface area contributed by atoms with Crippen LogP contribution in [0.5, 0.6) is 5.75 Å². The number of nitrogens with one attached hydrogen (secondary N) is 2. The van der Waals surface area contributed by atoms with Crippen LogP contribution in [0.15, 0.2) is 83.8 Å². The molecule has 0 bridgehead atoms. The minimum atomic E-state index is -4.03. The number of rotatable bonds is 17. The van der Waals surface area contributed by atoms with Crippen LogP contribution in [0.25, 0.3) is 0 Å². The first-order chi connectivity index (χ1) is 23.0. The van der Waals surface area contributed by atoms with E-state index < -0.39 is 28.1 Å². The van der Waals surface area contributed by atoms with Crippen molar-refractivity contribution in [2.24, 2.45) is 11.8 Å². The van der Waals surface area contributed by atoms with Crippen molar-refractivity contribution in [2.75, 3.05) is 26.2 Å². The first kappa shape index (κ1) is 37.1. The Bertz CT molecular complexity index is 1590. The Hall–Kier alpha value is -3.77. The molecule has 3 aromatic carbocycles. The van der Waals surface area contributed by atoms with Crippen molar-refractivity contribution >= 4 is 21.8 Å². The highest BCUT2D eigenvalue weighted by Gasteiger charge is 2.36. The number of fused-ring (bicyclic) bond motifs is 1. The second-order valence-electron chi connectivity index (χ2n) is 13.0. The van der Waals surface area contributed by atoms with Gasteiger partial charge >= 0.3 is 0 Å². The largest absolute Gasteiger partial charge is 0.493 e. The van der Waals surface area contributed by atoms with E-state index in [4.69, 9.17) is 4.74 Å². The first-order valence-electron chi connectivity index (χ1n) is 16.8. The molecule has 0 spiro atoms. The third kappa shape index (κ3) is 10.4. The Morgan fingerprint density at radius 2 is 1.60 bits per heavy atom. The highest BCUT2D eigenvalue weighted by molar-refractivity contribution is 7.89. The fourth-order valence-corrected chi connectivity index (χ4v) is 7.37. The second-order valence-corrected chi connectivity index (χ2v) is 15.0. The molecule has 260 valence electrons. The van der Waals surface area contributed by atoms with Gasteiger partial charge in [0.15, 0.2) is 0 Å². The van der Waals surface area contributed by atoms with Crippen LogP contribution in [-0.4, -0.2) is 73.0 Å². The van der Waals surface area contributed by atoms with Crippen molar-refractivity contribution in [1.82, 2.24) is 20.1 Å². The summed E-state index contributed by atoms with van der Waals surface area (Å²) >= 11 is 0. The molecule has 1 aliphatic rings. The van der Waals surface area contributed by atoms with Gasteiger partial charge in [-0.25, -0.2) is 13.4 Å². The van der Waals surface area contributed by atoms with Crippen LogP contribution in [0.2, 0.25) is 0 Å². The molecule has 0 aliphatic carbocycles. The predicted octanol–water partition coefficient (Wildman–Crippen LogP) is 4.33. The maximum atomic E-state index is 14.1. The number of hydrazine groups is 1. The molecule has 11 heteroatoms. The normalized spacial score (nSPS) is 14.6. The highest BCUT2D eigenvalue weighted by Crippen LogP contribution is 2.29. The van der Waals surface area contributed by atoms with E-state index in [1.165, 1.54) is 15.4 Å². The van der Waals surface area contributed by atoms with Crippen LogP contribution in [0.3, 0.4) is 0 Å². The molecule has 48 heavy (non-hydrogen) atoms. The Morgan fingerprint density at radius 3 is 2.25 bits per heavy atom. The second kappa shape index (κ2) is 17.6. The lowest BCUT2D eigenvalue weighted by atomic mass is 9.98. The number of benzene rings is 3. The van der Waals surface area contributed by atoms with E-state index in [1.54, 1.807) is 12.1 Å². The van der Waals surface area contributed by atoms with Gasteiger partial charge in [-0.1, -0.05) is 94.8 Å². The molecule has 1 aliphatic heterocycles. The number of nitrogens with zero attached hydrogens (tertiary/aromatic N) is 2. The van der Waals surface area contributed by atoms with E-state index in [1.807, 2.05) is 88.4 Å². The van der Waals surface area contributed by atoms with Gasteiger partial charge in [0.25, 0.3) is 5.91 Å². The topological polar surface area (TPSA) is 128 Å². The van der Waals surface area contributed by atoms with Gasteiger partial charge in [0.05, 0.1) is 30.2 Å². The molecule has 3 N–H and O–H groups in total. The lowest BCUT2D eigenvalue weighted by molar-refractivity contribution is -0.148. The number of sulfonamides is 1. The van der Waals surface area contributed by atoms with Gasteiger partial charge in [-0.3, -0.25) is 15.0 Å². The number of aliphatic hydroxyl groups excluding tert-OH is 1. The molecule has 4 rings (SSSR count). The highest BCUT2D eigenvalue weighted by atomic mass is 32.2. The van der Waals surface area contributed by atoms with Crippen LogP contribution in [0.1, 0.15) is 57.2 Å². The van der Waals surface area contributed by atoms with Crippen LogP contribution >= 0.6 is 0 Å².